The lowest BCUT2D eigenvalue weighted by molar-refractivity contribution is -0.140. The largest absolute Gasteiger partial charge is 0.469 e. The van der Waals surface area contributed by atoms with Gasteiger partial charge in [-0.3, -0.25) is 4.79 Å². The Balaban J connectivity index is 1.89. The van der Waals surface area contributed by atoms with Crippen molar-refractivity contribution in [2.24, 2.45) is 0 Å². The maximum absolute atomic E-state index is 10.9. The standard InChI is InChI=1S/C13H15NO2S/c1-16-13(15)7-4-8-14-11-9-17-12-6-3-2-5-10(11)12/h2-3,5-6,9,14H,4,7-8H2,1H3. The SMILES string of the molecule is COC(=O)CCCNc1csc2ccccc12. The number of nitrogens with one attached hydrogen (secondary N) is 1. The van der Waals surface area contributed by atoms with Gasteiger partial charge in [0.2, 0.25) is 0 Å². The Morgan fingerprint density at radius 3 is 3.06 bits per heavy atom. The Hall–Kier alpha value is -1.55. The van der Waals surface area contributed by atoms with Crippen LogP contribution in [0.15, 0.2) is 29.6 Å². The maximum Gasteiger partial charge on any atom is 0.305 e. The second-order valence-electron chi connectivity index (χ2n) is 3.75. The summed E-state index contributed by atoms with van der Waals surface area (Å²) < 4.78 is 5.87. The minimum Gasteiger partial charge on any atom is -0.469 e. The molecule has 0 amide bonds. The molecule has 0 saturated heterocycles. The average Bonchev–Trinajstić information content (AvgIpc) is 2.78. The van der Waals surface area contributed by atoms with E-state index in [-0.39, 0.29) is 5.97 Å². The first-order valence-corrected chi connectivity index (χ1v) is 6.46. The Bertz CT molecular complexity index is 507. The van der Waals surface area contributed by atoms with Crippen molar-refractivity contribution >= 4 is 33.1 Å². The third-order valence-electron chi connectivity index (χ3n) is 2.58. The molecule has 0 spiro atoms. The van der Waals surface area contributed by atoms with Crippen LogP contribution in [0, 0.1) is 0 Å². The van der Waals surface area contributed by atoms with Gasteiger partial charge in [-0.15, -0.1) is 11.3 Å². The molecule has 2 aromatic rings. The Kier molecular flexibility index (Phi) is 3.98. The predicted octanol–water partition coefficient (Wildman–Crippen LogP) is 3.27. The van der Waals surface area contributed by atoms with Crippen molar-refractivity contribution in [1.82, 2.24) is 0 Å². The van der Waals surface area contributed by atoms with E-state index in [9.17, 15) is 4.79 Å². The van der Waals surface area contributed by atoms with Crippen LogP contribution in [-0.4, -0.2) is 19.6 Å². The van der Waals surface area contributed by atoms with Crippen LogP contribution in [0.5, 0.6) is 0 Å². The van der Waals surface area contributed by atoms with Crippen molar-refractivity contribution in [3.63, 3.8) is 0 Å². The smallest absolute Gasteiger partial charge is 0.305 e. The van der Waals surface area contributed by atoms with Gasteiger partial charge in [-0.2, -0.15) is 0 Å². The van der Waals surface area contributed by atoms with Crippen molar-refractivity contribution in [2.75, 3.05) is 19.0 Å². The normalized spacial score (nSPS) is 10.4. The van der Waals surface area contributed by atoms with Crippen LogP contribution in [0.3, 0.4) is 0 Å². The zero-order valence-corrected chi connectivity index (χ0v) is 10.5. The number of benzene rings is 1. The minimum absolute atomic E-state index is 0.151. The molecule has 0 aliphatic rings. The maximum atomic E-state index is 10.9. The van der Waals surface area contributed by atoms with Gasteiger partial charge in [0.25, 0.3) is 0 Å². The number of methoxy groups -OCH3 is 1. The van der Waals surface area contributed by atoms with Crippen LogP contribution in [0.25, 0.3) is 10.1 Å². The summed E-state index contributed by atoms with van der Waals surface area (Å²) in [6.45, 7) is 0.788. The summed E-state index contributed by atoms with van der Waals surface area (Å²) >= 11 is 1.73. The molecule has 1 aromatic heterocycles. The molecule has 0 saturated carbocycles. The van der Waals surface area contributed by atoms with Crippen molar-refractivity contribution in [2.45, 2.75) is 12.8 Å². The minimum atomic E-state index is -0.151. The predicted molar refractivity (Wildman–Crippen MR) is 71.6 cm³/mol. The Morgan fingerprint density at radius 2 is 2.24 bits per heavy atom. The number of anilines is 1. The van der Waals surface area contributed by atoms with Crippen LogP contribution >= 0.6 is 11.3 Å². The van der Waals surface area contributed by atoms with E-state index in [4.69, 9.17) is 0 Å². The van der Waals surface area contributed by atoms with Gasteiger partial charge in [0.15, 0.2) is 0 Å². The van der Waals surface area contributed by atoms with Gasteiger partial charge in [-0.05, 0) is 12.5 Å². The molecular formula is C13H15NO2S. The first kappa shape index (κ1) is 11.9. The molecular weight excluding hydrogens is 234 g/mol. The lowest BCUT2D eigenvalue weighted by atomic mass is 10.2. The number of fused-ring (bicyclic) bond motifs is 1. The van der Waals surface area contributed by atoms with Crippen LogP contribution in [0.1, 0.15) is 12.8 Å². The van der Waals surface area contributed by atoms with Crippen LogP contribution < -0.4 is 5.32 Å². The molecule has 1 heterocycles. The number of thiophene rings is 1. The third-order valence-corrected chi connectivity index (χ3v) is 3.55. The molecule has 1 N–H and O–H groups in total. The Labute approximate surface area is 104 Å². The van der Waals surface area contributed by atoms with Gasteiger partial charge in [-0.1, -0.05) is 18.2 Å². The van der Waals surface area contributed by atoms with Gasteiger partial charge in [0, 0.05) is 28.4 Å². The number of hydrogen-bond donors (Lipinski definition) is 1. The van der Waals surface area contributed by atoms with E-state index in [2.05, 4.69) is 27.6 Å². The Morgan fingerprint density at radius 1 is 1.41 bits per heavy atom. The van der Waals surface area contributed by atoms with E-state index in [1.807, 2.05) is 12.1 Å². The second-order valence-corrected chi connectivity index (χ2v) is 4.66. The van der Waals surface area contributed by atoms with Gasteiger partial charge in [-0.25, -0.2) is 0 Å². The van der Waals surface area contributed by atoms with E-state index in [0.29, 0.717) is 6.42 Å². The second kappa shape index (κ2) is 5.68. The monoisotopic (exact) mass is 249 g/mol. The van der Waals surface area contributed by atoms with Gasteiger partial charge < -0.3 is 10.1 Å². The fourth-order valence-electron chi connectivity index (χ4n) is 1.67. The molecule has 0 atom stereocenters. The van der Waals surface area contributed by atoms with E-state index in [1.165, 1.54) is 17.2 Å². The summed E-state index contributed by atoms with van der Waals surface area (Å²) in [5.41, 5.74) is 1.15. The summed E-state index contributed by atoms with van der Waals surface area (Å²) in [5.74, 6) is -0.151. The van der Waals surface area contributed by atoms with Gasteiger partial charge in [0.1, 0.15) is 0 Å². The lowest BCUT2D eigenvalue weighted by Crippen LogP contribution is -2.06. The van der Waals surface area contributed by atoms with Crippen LogP contribution in [0.4, 0.5) is 5.69 Å². The van der Waals surface area contributed by atoms with E-state index in [1.54, 1.807) is 11.3 Å². The zero-order chi connectivity index (χ0) is 12.1. The average molecular weight is 249 g/mol. The zero-order valence-electron chi connectivity index (χ0n) is 9.73. The van der Waals surface area contributed by atoms with Crippen LogP contribution in [0.2, 0.25) is 0 Å². The molecule has 1 aromatic carbocycles. The number of carbonyl (C=O) groups is 1. The highest BCUT2D eigenvalue weighted by Crippen LogP contribution is 2.29. The molecule has 90 valence electrons. The number of hydrogen-bond acceptors (Lipinski definition) is 4. The lowest BCUT2D eigenvalue weighted by Gasteiger charge is -2.04. The molecule has 0 radical (unpaired) electrons. The number of esters is 1. The quantitative estimate of drug-likeness (QED) is 0.653. The topological polar surface area (TPSA) is 38.3 Å². The molecule has 0 fully saturated rings. The highest BCUT2D eigenvalue weighted by molar-refractivity contribution is 7.17. The highest BCUT2D eigenvalue weighted by atomic mass is 32.1. The fourth-order valence-corrected chi connectivity index (χ4v) is 2.59. The number of rotatable bonds is 5. The number of ether oxygens (including phenoxy) is 1. The molecule has 0 unspecified atom stereocenters. The molecule has 17 heavy (non-hydrogen) atoms. The molecule has 3 nitrogen and oxygen atoms in total. The molecule has 2 rings (SSSR count). The molecule has 0 aliphatic carbocycles. The number of carbonyl (C=O) groups excluding carboxylic acids is 1. The molecule has 0 bridgehead atoms. The summed E-state index contributed by atoms with van der Waals surface area (Å²) in [7, 11) is 1.42. The first-order valence-electron chi connectivity index (χ1n) is 5.58. The van der Waals surface area contributed by atoms with Gasteiger partial charge >= 0.3 is 5.97 Å². The summed E-state index contributed by atoms with van der Waals surface area (Å²) in [4.78, 5) is 10.9. The highest BCUT2D eigenvalue weighted by Gasteiger charge is 2.03. The van der Waals surface area contributed by atoms with Gasteiger partial charge in [0.05, 0.1) is 12.8 Å². The summed E-state index contributed by atoms with van der Waals surface area (Å²) in [6.07, 6.45) is 1.25. The van der Waals surface area contributed by atoms with Crippen LogP contribution in [-0.2, 0) is 9.53 Å². The summed E-state index contributed by atoms with van der Waals surface area (Å²) in [5, 5.41) is 6.71. The van der Waals surface area contributed by atoms with E-state index < -0.39 is 0 Å². The van der Waals surface area contributed by atoms with E-state index in [0.717, 1.165) is 18.7 Å². The fraction of sp³-hybridized carbons (Fsp3) is 0.308. The molecule has 0 aliphatic heterocycles. The van der Waals surface area contributed by atoms with Crippen molar-refractivity contribution in [3.8, 4) is 0 Å². The first-order chi connectivity index (χ1) is 8.31. The summed E-state index contributed by atoms with van der Waals surface area (Å²) in [6, 6.07) is 8.29. The molecule has 4 heteroatoms. The third kappa shape index (κ3) is 2.97. The van der Waals surface area contributed by atoms with Crippen molar-refractivity contribution < 1.29 is 9.53 Å². The van der Waals surface area contributed by atoms with Crippen molar-refractivity contribution in [1.29, 1.82) is 0 Å². The van der Waals surface area contributed by atoms with E-state index >= 15 is 0 Å². The van der Waals surface area contributed by atoms with Crippen molar-refractivity contribution in [3.05, 3.63) is 29.6 Å².